The second-order valence-electron chi connectivity index (χ2n) is 5.64. The maximum absolute atomic E-state index is 5.92. The van der Waals surface area contributed by atoms with E-state index in [2.05, 4.69) is 13.8 Å². The zero-order chi connectivity index (χ0) is 16.0. The van der Waals surface area contributed by atoms with Gasteiger partial charge in [-0.05, 0) is 33.1 Å². The summed E-state index contributed by atoms with van der Waals surface area (Å²) in [5, 5.41) is 0. The Morgan fingerprint density at radius 1 is 0.714 bits per heavy atom. The number of rotatable bonds is 15. The molecule has 128 valence electrons. The maximum atomic E-state index is 5.92. The molecule has 0 fully saturated rings. The van der Waals surface area contributed by atoms with Crippen molar-refractivity contribution in [2.75, 3.05) is 19.8 Å². The summed E-state index contributed by atoms with van der Waals surface area (Å²) in [5.41, 5.74) is 0. The molecule has 0 aromatic rings. The second kappa shape index (κ2) is 13.7. The van der Waals surface area contributed by atoms with E-state index in [4.69, 9.17) is 13.3 Å². The van der Waals surface area contributed by atoms with Gasteiger partial charge in [-0.3, -0.25) is 0 Å². The molecule has 0 amide bonds. The SMILES string of the molecule is CCCCCC(CC)CCC[Si](OCC)(OCC)OCC. The molecule has 1 atom stereocenters. The Morgan fingerprint density at radius 2 is 1.24 bits per heavy atom. The van der Waals surface area contributed by atoms with Crippen molar-refractivity contribution in [2.24, 2.45) is 5.92 Å². The summed E-state index contributed by atoms with van der Waals surface area (Å²) in [5.74, 6) is 0.855. The van der Waals surface area contributed by atoms with Gasteiger partial charge in [0.25, 0.3) is 0 Å². The average Bonchev–Trinajstić information content (AvgIpc) is 2.46. The molecule has 21 heavy (non-hydrogen) atoms. The summed E-state index contributed by atoms with van der Waals surface area (Å²) in [7, 11) is -2.41. The van der Waals surface area contributed by atoms with Gasteiger partial charge < -0.3 is 13.3 Å². The molecule has 0 saturated heterocycles. The van der Waals surface area contributed by atoms with Crippen LogP contribution in [0.4, 0.5) is 0 Å². The van der Waals surface area contributed by atoms with Gasteiger partial charge in [0.15, 0.2) is 0 Å². The van der Waals surface area contributed by atoms with Gasteiger partial charge in [0, 0.05) is 25.9 Å². The molecule has 0 spiro atoms. The molecule has 0 aromatic carbocycles. The molecule has 1 unspecified atom stereocenters. The van der Waals surface area contributed by atoms with E-state index >= 15 is 0 Å². The fourth-order valence-electron chi connectivity index (χ4n) is 2.84. The quantitative estimate of drug-likeness (QED) is 0.298. The molecule has 0 heterocycles. The van der Waals surface area contributed by atoms with Crippen molar-refractivity contribution < 1.29 is 13.3 Å². The lowest BCUT2D eigenvalue weighted by Gasteiger charge is -2.29. The highest BCUT2D eigenvalue weighted by Gasteiger charge is 2.39. The average molecular weight is 319 g/mol. The van der Waals surface area contributed by atoms with Crippen LogP contribution >= 0.6 is 0 Å². The molecule has 4 heteroatoms. The monoisotopic (exact) mass is 318 g/mol. The van der Waals surface area contributed by atoms with E-state index < -0.39 is 8.80 Å². The molecule has 0 bridgehead atoms. The molecule has 0 aromatic heterocycles. The molecule has 3 nitrogen and oxygen atoms in total. The minimum atomic E-state index is -2.41. The third-order valence-corrected chi connectivity index (χ3v) is 7.13. The highest BCUT2D eigenvalue weighted by atomic mass is 28.4. The minimum absolute atomic E-state index is 0.680. The van der Waals surface area contributed by atoms with Crippen molar-refractivity contribution in [2.45, 2.75) is 85.6 Å². The largest absolute Gasteiger partial charge is 0.500 e. The van der Waals surface area contributed by atoms with Gasteiger partial charge in [-0.2, -0.15) is 0 Å². The highest BCUT2D eigenvalue weighted by molar-refractivity contribution is 6.60. The van der Waals surface area contributed by atoms with Crippen molar-refractivity contribution in [1.82, 2.24) is 0 Å². The summed E-state index contributed by atoms with van der Waals surface area (Å²) in [6, 6.07) is 0.965. The smallest absolute Gasteiger partial charge is 0.374 e. The third-order valence-electron chi connectivity index (χ3n) is 3.98. The van der Waals surface area contributed by atoms with Gasteiger partial charge in [0.1, 0.15) is 0 Å². The van der Waals surface area contributed by atoms with Gasteiger partial charge in [-0.25, -0.2) is 0 Å². The van der Waals surface area contributed by atoms with E-state index in [1.165, 1.54) is 38.5 Å². The molecule has 0 aliphatic rings. The fourth-order valence-corrected chi connectivity index (χ4v) is 5.48. The van der Waals surface area contributed by atoms with Gasteiger partial charge in [-0.1, -0.05) is 52.4 Å². The lowest BCUT2D eigenvalue weighted by molar-refractivity contribution is 0.0703. The van der Waals surface area contributed by atoms with Gasteiger partial charge in [-0.15, -0.1) is 0 Å². The van der Waals surface area contributed by atoms with E-state index in [0.717, 1.165) is 18.4 Å². The van der Waals surface area contributed by atoms with E-state index in [0.29, 0.717) is 19.8 Å². The van der Waals surface area contributed by atoms with Crippen LogP contribution in [0, 0.1) is 5.92 Å². The first kappa shape index (κ1) is 21.1. The highest BCUT2D eigenvalue weighted by Crippen LogP contribution is 2.25. The molecule has 0 aliphatic carbocycles. The van der Waals surface area contributed by atoms with Crippen molar-refractivity contribution in [1.29, 1.82) is 0 Å². The zero-order valence-electron chi connectivity index (χ0n) is 15.1. The Hall–Kier alpha value is 0.0969. The molecule has 0 saturated carbocycles. The van der Waals surface area contributed by atoms with Crippen LogP contribution in [-0.4, -0.2) is 28.6 Å². The summed E-state index contributed by atoms with van der Waals surface area (Å²) in [6.07, 6.45) is 9.16. The van der Waals surface area contributed by atoms with Crippen LogP contribution in [0.15, 0.2) is 0 Å². The van der Waals surface area contributed by atoms with Crippen molar-refractivity contribution >= 4 is 8.80 Å². The Bertz CT molecular complexity index is 207. The predicted molar refractivity (Wildman–Crippen MR) is 92.6 cm³/mol. The molecule has 0 rings (SSSR count). The van der Waals surface area contributed by atoms with E-state index in [1.54, 1.807) is 0 Å². The lowest BCUT2D eigenvalue weighted by Crippen LogP contribution is -2.45. The third kappa shape index (κ3) is 9.66. The zero-order valence-corrected chi connectivity index (χ0v) is 16.1. The van der Waals surface area contributed by atoms with Gasteiger partial charge >= 0.3 is 8.80 Å². The van der Waals surface area contributed by atoms with Crippen LogP contribution in [0.2, 0.25) is 6.04 Å². The van der Waals surface area contributed by atoms with Crippen molar-refractivity contribution in [3.8, 4) is 0 Å². The van der Waals surface area contributed by atoms with Gasteiger partial charge in [0.05, 0.1) is 0 Å². The first-order valence-corrected chi connectivity index (χ1v) is 11.0. The van der Waals surface area contributed by atoms with Gasteiger partial charge in [0.2, 0.25) is 0 Å². The van der Waals surface area contributed by atoms with Crippen LogP contribution in [-0.2, 0) is 13.3 Å². The van der Waals surface area contributed by atoms with Crippen LogP contribution in [0.3, 0.4) is 0 Å². The summed E-state index contributed by atoms with van der Waals surface area (Å²) >= 11 is 0. The topological polar surface area (TPSA) is 27.7 Å². The van der Waals surface area contributed by atoms with E-state index in [-0.39, 0.29) is 0 Å². The summed E-state index contributed by atoms with van der Waals surface area (Å²) < 4.78 is 17.8. The number of hydrogen-bond acceptors (Lipinski definition) is 3. The Morgan fingerprint density at radius 3 is 1.67 bits per heavy atom. The number of hydrogen-bond donors (Lipinski definition) is 0. The summed E-state index contributed by atoms with van der Waals surface area (Å²) in [6.45, 7) is 12.7. The first-order chi connectivity index (χ1) is 10.2. The number of unbranched alkanes of at least 4 members (excludes halogenated alkanes) is 2. The molecule has 0 N–H and O–H groups in total. The van der Waals surface area contributed by atoms with Crippen molar-refractivity contribution in [3.05, 3.63) is 0 Å². The molecular formula is C17H38O3Si. The standard InChI is InChI=1S/C17H38O3Si/c1-6-11-12-14-17(7-2)15-13-16-21(18-8-3,19-9-4)20-10-5/h17H,6-16H2,1-5H3. The molecule has 0 aliphatic heterocycles. The Kier molecular flexibility index (Phi) is 13.8. The van der Waals surface area contributed by atoms with Crippen LogP contribution in [0.1, 0.15) is 79.6 Å². The Labute approximate surface area is 134 Å². The Balaban J connectivity index is 4.24. The van der Waals surface area contributed by atoms with E-state index in [1.807, 2.05) is 20.8 Å². The lowest BCUT2D eigenvalue weighted by atomic mass is 9.94. The van der Waals surface area contributed by atoms with Crippen LogP contribution < -0.4 is 0 Å². The van der Waals surface area contributed by atoms with E-state index in [9.17, 15) is 0 Å². The van der Waals surface area contributed by atoms with Crippen molar-refractivity contribution in [3.63, 3.8) is 0 Å². The second-order valence-corrected chi connectivity index (χ2v) is 8.38. The normalized spacial score (nSPS) is 13.6. The minimum Gasteiger partial charge on any atom is -0.374 e. The molecule has 0 radical (unpaired) electrons. The summed E-state index contributed by atoms with van der Waals surface area (Å²) in [4.78, 5) is 0. The van der Waals surface area contributed by atoms with Crippen LogP contribution in [0.25, 0.3) is 0 Å². The fraction of sp³-hybridized carbons (Fsp3) is 1.00. The van der Waals surface area contributed by atoms with Crippen LogP contribution in [0.5, 0.6) is 0 Å². The first-order valence-electron chi connectivity index (χ1n) is 9.09. The predicted octanol–water partition coefficient (Wildman–Crippen LogP) is 5.42. The molecular weight excluding hydrogens is 280 g/mol. The maximum Gasteiger partial charge on any atom is 0.500 e.